The Kier molecular flexibility index (Phi) is 7.14. The van der Waals surface area contributed by atoms with Crippen molar-refractivity contribution in [2.24, 2.45) is 5.92 Å². The fraction of sp³-hybridized carbons (Fsp3) is 0.409. The van der Waals surface area contributed by atoms with Crippen LogP contribution in [0.15, 0.2) is 36.4 Å². The van der Waals surface area contributed by atoms with Gasteiger partial charge in [0.05, 0.1) is 6.61 Å². The summed E-state index contributed by atoms with van der Waals surface area (Å²) in [5.41, 5.74) is 2.19. The molecule has 0 saturated heterocycles. The summed E-state index contributed by atoms with van der Waals surface area (Å²) in [6.07, 6.45) is -3.26. The molecule has 9 heteroatoms. The summed E-state index contributed by atoms with van der Waals surface area (Å²) in [4.78, 5) is 28.7. The summed E-state index contributed by atoms with van der Waals surface area (Å²) in [6.45, 7) is -1.18. The lowest BCUT2D eigenvalue weighted by Crippen LogP contribution is -2.41. The van der Waals surface area contributed by atoms with Gasteiger partial charge in [0.1, 0.15) is 24.4 Å². The summed E-state index contributed by atoms with van der Waals surface area (Å²) < 4.78 is 44.8. The molecule has 1 amide bonds. The topological polar surface area (TPSA) is 71.5 Å². The predicted octanol–water partition coefficient (Wildman–Crippen LogP) is 3.40. The number of carbonyl (C=O) groups excluding carboxylic acids is 2. The molecule has 0 radical (unpaired) electrons. The van der Waals surface area contributed by atoms with Crippen molar-refractivity contribution in [2.75, 3.05) is 25.5 Å². The van der Waals surface area contributed by atoms with Gasteiger partial charge in [0.15, 0.2) is 0 Å². The third kappa shape index (κ3) is 6.19. The van der Waals surface area contributed by atoms with E-state index in [0.717, 1.165) is 22.0 Å². The van der Waals surface area contributed by atoms with Gasteiger partial charge in [0.25, 0.3) is 0 Å². The molecule has 0 bridgehead atoms. The molecule has 2 heterocycles. The van der Waals surface area contributed by atoms with E-state index in [0.29, 0.717) is 30.6 Å². The number of carbonyl (C=O) groups is 2. The van der Waals surface area contributed by atoms with Crippen molar-refractivity contribution in [3.05, 3.63) is 53.2 Å². The highest BCUT2D eigenvalue weighted by molar-refractivity contribution is 5.82. The summed E-state index contributed by atoms with van der Waals surface area (Å²) >= 11 is 0. The highest BCUT2D eigenvalue weighted by Gasteiger charge is 2.37. The molecule has 1 aromatic carbocycles. The van der Waals surface area contributed by atoms with Gasteiger partial charge in [-0.05, 0) is 41.8 Å². The molecule has 2 aromatic rings. The zero-order valence-electron chi connectivity index (χ0n) is 17.1. The number of aldehydes is 1. The van der Waals surface area contributed by atoms with Gasteiger partial charge in [0.2, 0.25) is 5.91 Å². The normalized spacial score (nSPS) is 16.5. The quantitative estimate of drug-likeness (QED) is 0.644. The smallest absolute Gasteiger partial charge is 0.406 e. The van der Waals surface area contributed by atoms with E-state index in [2.05, 4.69) is 10.3 Å². The lowest BCUT2D eigenvalue weighted by molar-refractivity contribution is -0.164. The second kappa shape index (κ2) is 9.80. The van der Waals surface area contributed by atoms with Crippen LogP contribution in [0.3, 0.4) is 0 Å². The molecule has 6 nitrogen and oxygen atoms in total. The SMILES string of the molecule is CNc1cccc(CCOc2ccc3c(c2)CN(CC(F)(F)F)C(=O)[C@H](CC=O)C3)n1. The van der Waals surface area contributed by atoms with Crippen molar-refractivity contribution in [1.29, 1.82) is 0 Å². The average molecular weight is 435 g/mol. The zero-order valence-corrected chi connectivity index (χ0v) is 17.1. The van der Waals surface area contributed by atoms with Crippen LogP contribution in [0, 0.1) is 5.92 Å². The minimum absolute atomic E-state index is 0.108. The molecular weight excluding hydrogens is 411 g/mol. The van der Waals surface area contributed by atoms with Gasteiger partial charge in [-0.1, -0.05) is 12.1 Å². The Hall–Kier alpha value is -3.10. The van der Waals surface area contributed by atoms with Crippen LogP contribution >= 0.6 is 0 Å². The highest BCUT2D eigenvalue weighted by atomic mass is 19.4. The van der Waals surface area contributed by atoms with Crippen LogP contribution < -0.4 is 10.1 Å². The molecule has 0 fully saturated rings. The first-order chi connectivity index (χ1) is 14.8. The molecule has 166 valence electrons. The summed E-state index contributed by atoms with van der Waals surface area (Å²) in [7, 11) is 1.78. The monoisotopic (exact) mass is 435 g/mol. The molecular formula is C22H24F3N3O3. The third-order valence-corrected chi connectivity index (χ3v) is 5.11. The average Bonchev–Trinajstić information content (AvgIpc) is 2.84. The first-order valence-corrected chi connectivity index (χ1v) is 9.96. The van der Waals surface area contributed by atoms with E-state index in [1.807, 2.05) is 18.2 Å². The van der Waals surface area contributed by atoms with Crippen LogP contribution in [-0.2, 0) is 29.0 Å². The number of halogens is 3. The van der Waals surface area contributed by atoms with Gasteiger partial charge in [-0.3, -0.25) is 4.79 Å². The first-order valence-electron chi connectivity index (χ1n) is 9.96. The number of ether oxygens (including phenoxy) is 1. The number of hydrogen-bond acceptors (Lipinski definition) is 5. The largest absolute Gasteiger partial charge is 0.493 e. The van der Waals surface area contributed by atoms with Crippen LogP contribution in [0.5, 0.6) is 5.75 Å². The molecule has 1 N–H and O–H groups in total. The number of hydrogen-bond donors (Lipinski definition) is 1. The zero-order chi connectivity index (χ0) is 22.4. The number of aromatic nitrogens is 1. The number of fused-ring (bicyclic) bond motifs is 1. The fourth-order valence-corrected chi connectivity index (χ4v) is 3.61. The van der Waals surface area contributed by atoms with E-state index in [4.69, 9.17) is 4.74 Å². The van der Waals surface area contributed by atoms with E-state index < -0.39 is 24.5 Å². The number of benzene rings is 1. The molecule has 1 atom stereocenters. The Morgan fingerprint density at radius 2 is 2.06 bits per heavy atom. The van der Waals surface area contributed by atoms with Crippen LogP contribution in [0.4, 0.5) is 19.0 Å². The highest BCUT2D eigenvalue weighted by Crippen LogP contribution is 2.30. The molecule has 0 aliphatic carbocycles. The Bertz CT molecular complexity index is 934. The van der Waals surface area contributed by atoms with E-state index in [1.165, 1.54) is 0 Å². The fourth-order valence-electron chi connectivity index (χ4n) is 3.61. The maximum Gasteiger partial charge on any atom is 0.406 e. The van der Waals surface area contributed by atoms with E-state index in [-0.39, 0.29) is 19.4 Å². The van der Waals surface area contributed by atoms with Crippen molar-refractivity contribution in [3.8, 4) is 5.75 Å². The standard InChI is InChI=1S/C22H24F3N3O3/c1-26-20-4-2-3-18(27-20)8-10-31-19-6-5-15-11-16(7-9-29)21(30)28(13-17(15)12-19)14-22(23,24)25/h2-6,9,12,16H,7-8,10-11,13-14H2,1H3,(H,26,27)/t16-/m1/s1. The molecule has 31 heavy (non-hydrogen) atoms. The predicted molar refractivity (Wildman–Crippen MR) is 109 cm³/mol. The van der Waals surface area contributed by atoms with Crippen molar-refractivity contribution >= 4 is 18.0 Å². The van der Waals surface area contributed by atoms with Gasteiger partial charge in [-0.2, -0.15) is 13.2 Å². The third-order valence-electron chi connectivity index (χ3n) is 5.11. The molecule has 0 spiro atoms. The van der Waals surface area contributed by atoms with Crippen molar-refractivity contribution in [2.45, 2.75) is 32.0 Å². The van der Waals surface area contributed by atoms with Crippen molar-refractivity contribution < 1.29 is 27.5 Å². The maximum absolute atomic E-state index is 13.0. The molecule has 3 rings (SSSR count). The summed E-state index contributed by atoms with van der Waals surface area (Å²) in [5, 5.41) is 2.97. The van der Waals surface area contributed by atoms with Crippen LogP contribution in [0.2, 0.25) is 0 Å². The number of pyridine rings is 1. The Labute approximate surface area is 178 Å². The maximum atomic E-state index is 13.0. The molecule has 0 saturated carbocycles. The van der Waals surface area contributed by atoms with Crippen LogP contribution in [-0.4, -0.2) is 48.5 Å². The van der Waals surface area contributed by atoms with Crippen LogP contribution in [0.1, 0.15) is 23.2 Å². The van der Waals surface area contributed by atoms with Crippen LogP contribution in [0.25, 0.3) is 0 Å². The van der Waals surface area contributed by atoms with Gasteiger partial charge in [0, 0.05) is 38.0 Å². The van der Waals surface area contributed by atoms with Crippen molar-refractivity contribution in [1.82, 2.24) is 9.88 Å². The van der Waals surface area contributed by atoms with E-state index in [1.54, 1.807) is 25.2 Å². The number of rotatable bonds is 8. The number of alkyl halides is 3. The second-order valence-corrected chi connectivity index (χ2v) is 7.41. The molecule has 1 aromatic heterocycles. The molecule has 0 unspecified atom stereocenters. The lowest BCUT2D eigenvalue weighted by atomic mass is 9.94. The van der Waals surface area contributed by atoms with Gasteiger partial charge in [-0.15, -0.1) is 0 Å². The molecule has 1 aliphatic rings. The Morgan fingerprint density at radius 3 is 2.77 bits per heavy atom. The molecule has 1 aliphatic heterocycles. The first kappa shape index (κ1) is 22.6. The number of anilines is 1. The van der Waals surface area contributed by atoms with Gasteiger partial charge in [-0.25, -0.2) is 4.98 Å². The summed E-state index contributed by atoms with van der Waals surface area (Å²) in [6, 6.07) is 10.8. The Morgan fingerprint density at radius 1 is 1.26 bits per heavy atom. The van der Waals surface area contributed by atoms with Gasteiger partial charge < -0.3 is 19.7 Å². The number of nitrogens with zero attached hydrogens (tertiary/aromatic N) is 2. The van der Waals surface area contributed by atoms with E-state index >= 15 is 0 Å². The summed E-state index contributed by atoms with van der Waals surface area (Å²) in [5.74, 6) is -0.185. The second-order valence-electron chi connectivity index (χ2n) is 7.41. The lowest BCUT2D eigenvalue weighted by Gasteiger charge is -2.25. The Balaban J connectivity index is 1.73. The van der Waals surface area contributed by atoms with Gasteiger partial charge >= 0.3 is 6.18 Å². The van der Waals surface area contributed by atoms with Crippen molar-refractivity contribution in [3.63, 3.8) is 0 Å². The minimum Gasteiger partial charge on any atom is -0.493 e. The minimum atomic E-state index is -4.52. The number of nitrogens with one attached hydrogen (secondary N) is 1. The number of amides is 1. The van der Waals surface area contributed by atoms with E-state index in [9.17, 15) is 22.8 Å².